The average molecular weight is 255 g/mol. The fourth-order valence-electron chi connectivity index (χ4n) is 2.03. The van der Waals surface area contributed by atoms with E-state index in [2.05, 4.69) is 6.58 Å². The third-order valence-corrected chi connectivity index (χ3v) is 3.28. The van der Waals surface area contributed by atoms with Gasteiger partial charge < -0.3 is 14.6 Å². The van der Waals surface area contributed by atoms with Crippen molar-refractivity contribution in [3.63, 3.8) is 0 Å². The lowest BCUT2D eigenvalue weighted by Crippen LogP contribution is -2.30. The van der Waals surface area contributed by atoms with Crippen molar-refractivity contribution in [2.75, 3.05) is 7.11 Å². The molecule has 2 rings (SSSR count). The van der Waals surface area contributed by atoms with E-state index in [1.165, 1.54) is 0 Å². The van der Waals surface area contributed by atoms with Gasteiger partial charge in [0.15, 0.2) is 6.10 Å². The maximum Gasteiger partial charge on any atom is 0.155 e. The predicted octanol–water partition coefficient (Wildman–Crippen LogP) is 2.69. The Morgan fingerprint density at radius 3 is 2.88 bits per heavy atom. The number of rotatable bonds is 3. The van der Waals surface area contributed by atoms with Gasteiger partial charge in [0.25, 0.3) is 0 Å². The molecule has 1 aromatic carbocycles. The Labute approximate surface area is 106 Å². The Hall–Kier alpha value is -1.03. The summed E-state index contributed by atoms with van der Waals surface area (Å²) in [6, 6.07) is 7.17. The van der Waals surface area contributed by atoms with Crippen molar-refractivity contribution >= 4 is 11.6 Å². The molecule has 1 fully saturated rings. The SMILES string of the molecule is C=C1CC(OC)[C@@H]([C@@H](O)c2ccccc2Cl)O1. The van der Waals surface area contributed by atoms with Crippen molar-refractivity contribution in [3.05, 3.63) is 47.2 Å². The quantitative estimate of drug-likeness (QED) is 0.901. The standard InChI is InChI=1S/C13H15ClO3/c1-8-7-11(16-2)13(17-8)12(15)9-5-3-4-6-10(9)14/h3-6,11-13,15H,1,7H2,2H3/t11?,12-,13-/m0/s1. The van der Waals surface area contributed by atoms with E-state index in [1.54, 1.807) is 19.2 Å². The molecule has 3 nitrogen and oxygen atoms in total. The molecule has 0 radical (unpaired) electrons. The van der Waals surface area contributed by atoms with Gasteiger partial charge in [-0.1, -0.05) is 36.4 Å². The molecule has 1 N–H and O–H groups in total. The van der Waals surface area contributed by atoms with E-state index in [-0.39, 0.29) is 6.10 Å². The van der Waals surface area contributed by atoms with Gasteiger partial charge in [0.1, 0.15) is 12.2 Å². The van der Waals surface area contributed by atoms with Crippen molar-refractivity contribution in [1.29, 1.82) is 0 Å². The van der Waals surface area contributed by atoms with Crippen LogP contribution in [0.25, 0.3) is 0 Å². The lowest BCUT2D eigenvalue weighted by molar-refractivity contribution is -0.0489. The van der Waals surface area contributed by atoms with Gasteiger partial charge in [0, 0.05) is 24.1 Å². The Bertz CT molecular complexity index is 419. The summed E-state index contributed by atoms with van der Waals surface area (Å²) in [5.41, 5.74) is 0.649. The molecule has 1 aliphatic heterocycles. The fourth-order valence-corrected chi connectivity index (χ4v) is 2.28. The van der Waals surface area contributed by atoms with Crippen LogP contribution in [0.1, 0.15) is 18.1 Å². The summed E-state index contributed by atoms with van der Waals surface area (Å²) in [6.45, 7) is 3.75. The molecule has 0 amide bonds. The van der Waals surface area contributed by atoms with Crippen LogP contribution < -0.4 is 0 Å². The van der Waals surface area contributed by atoms with Gasteiger partial charge in [-0.25, -0.2) is 0 Å². The molecule has 92 valence electrons. The molecule has 0 aromatic heterocycles. The highest BCUT2D eigenvalue weighted by Crippen LogP contribution is 2.35. The highest BCUT2D eigenvalue weighted by molar-refractivity contribution is 6.31. The number of aliphatic hydroxyl groups is 1. The van der Waals surface area contributed by atoms with Crippen LogP contribution in [-0.4, -0.2) is 24.4 Å². The van der Waals surface area contributed by atoms with Gasteiger partial charge in [-0.2, -0.15) is 0 Å². The lowest BCUT2D eigenvalue weighted by Gasteiger charge is -2.23. The molecule has 3 atom stereocenters. The molecule has 17 heavy (non-hydrogen) atoms. The maximum absolute atomic E-state index is 10.3. The normalized spacial score (nSPS) is 25.7. The molecular formula is C13H15ClO3. The zero-order valence-corrected chi connectivity index (χ0v) is 10.4. The first kappa shape index (κ1) is 12.4. The molecule has 0 aliphatic carbocycles. The average Bonchev–Trinajstić information content (AvgIpc) is 2.70. The second kappa shape index (κ2) is 5.08. The Morgan fingerprint density at radius 1 is 1.53 bits per heavy atom. The highest BCUT2D eigenvalue weighted by Gasteiger charge is 2.38. The van der Waals surface area contributed by atoms with E-state index in [0.29, 0.717) is 22.8 Å². The first-order chi connectivity index (χ1) is 8.13. The summed E-state index contributed by atoms with van der Waals surface area (Å²) >= 11 is 6.05. The number of halogens is 1. The van der Waals surface area contributed by atoms with Crippen LogP contribution in [0.2, 0.25) is 5.02 Å². The van der Waals surface area contributed by atoms with Gasteiger partial charge in [0.2, 0.25) is 0 Å². The van der Waals surface area contributed by atoms with Crippen LogP contribution in [0.15, 0.2) is 36.6 Å². The Kier molecular flexibility index (Phi) is 3.72. The summed E-state index contributed by atoms with van der Waals surface area (Å²) in [7, 11) is 1.60. The predicted molar refractivity (Wildman–Crippen MR) is 65.8 cm³/mol. The Balaban J connectivity index is 2.22. The minimum atomic E-state index is -0.812. The number of hydrogen-bond donors (Lipinski definition) is 1. The lowest BCUT2D eigenvalue weighted by atomic mass is 10.0. The van der Waals surface area contributed by atoms with E-state index in [1.807, 2.05) is 12.1 Å². The number of ether oxygens (including phenoxy) is 2. The van der Waals surface area contributed by atoms with Crippen LogP contribution in [0.5, 0.6) is 0 Å². The highest BCUT2D eigenvalue weighted by atomic mass is 35.5. The summed E-state index contributed by atoms with van der Waals surface area (Å²) in [5, 5.41) is 10.8. The molecule has 1 aliphatic rings. The summed E-state index contributed by atoms with van der Waals surface area (Å²) < 4.78 is 10.8. The molecule has 1 saturated heterocycles. The van der Waals surface area contributed by atoms with Gasteiger partial charge >= 0.3 is 0 Å². The number of methoxy groups -OCH3 is 1. The van der Waals surface area contributed by atoms with Crippen LogP contribution in [0.4, 0.5) is 0 Å². The van der Waals surface area contributed by atoms with E-state index in [4.69, 9.17) is 21.1 Å². The molecule has 1 unspecified atom stereocenters. The summed E-state index contributed by atoms with van der Waals surface area (Å²) in [4.78, 5) is 0. The fraction of sp³-hybridized carbons (Fsp3) is 0.385. The van der Waals surface area contributed by atoms with Crippen LogP contribution >= 0.6 is 11.6 Å². The van der Waals surface area contributed by atoms with Crippen molar-refractivity contribution < 1.29 is 14.6 Å². The largest absolute Gasteiger partial charge is 0.489 e. The zero-order chi connectivity index (χ0) is 12.4. The third kappa shape index (κ3) is 2.46. The van der Waals surface area contributed by atoms with E-state index < -0.39 is 12.2 Å². The maximum atomic E-state index is 10.3. The number of benzene rings is 1. The van der Waals surface area contributed by atoms with Gasteiger partial charge in [-0.05, 0) is 6.07 Å². The second-order valence-corrected chi connectivity index (χ2v) is 4.47. The van der Waals surface area contributed by atoms with Crippen LogP contribution in [0, 0.1) is 0 Å². The molecule has 0 saturated carbocycles. The third-order valence-electron chi connectivity index (χ3n) is 2.94. The first-order valence-electron chi connectivity index (χ1n) is 5.43. The number of hydrogen-bond acceptors (Lipinski definition) is 3. The van der Waals surface area contributed by atoms with Crippen molar-refractivity contribution in [2.24, 2.45) is 0 Å². The van der Waals surface area contributed by atoms with E-state index in [9.17, 15) is 5.11 Å². The number of aliphatic hydroxyl groups excluding tert-OH is 1. The van der Waals surface area contributed by atoms with Crippen molar-refractivity contribution in [1.82, 2.24) is 0 Å². The van der Waals surface area contributed by atoms with Crippen LogP contribution in [-0.2, 0) is 9.47 Å². The molecule has 1 aromatic rings. The topological polar surface area (TPSA) is 38.7 Å². The van der Waals surface area contributed by atoms with Gasteiger partial charge in [0.05, 0.1) is 5.76 Å². The first-order valence-corrected chi connectivity index (χ1v) is 5.81. The van der Waals surface area contributed by atoms with E-state index in [0.717, 1.165) is 0 Å². The summed E-state index contributed by atoms with van der Waals surface area (Å²) in [6.07, 6.45) is -0.850. The molecule has 0 bridgehead atoms. The molecule has 1 heterocycles. The molecular weight excluding hydrogens is 240 g/mol. The second-order valence-electron chi connectivity index (χ2n) is 4.07. The van der Waals surface area contributed by atoms with Gasteiger partial charge in [-0.15, -0.1) is 0 Å². The minimum Gasteiger partial charge on any atom is -0.489 e. The van der Waals surface area contributed by atoms with Crippen LogP contribution in [0.3, 0.4) is 0 Å². The minimum absolute atomic E-state index is 0.186. The van der Waals surface area contributed by atoms with E-state index >= 15 is 0 Å². The van der Waals surface area contributed by atoms with Gasteiger partial charge in [-0.3, -0.25) is 0 Å². The summed E-state index contributed by atoms with van der Waals surface area (Å²) in [5.74, 6) is 0.632. The van der Waals surface area contributed by atoms with Crippen molar-refractivity contribution in [3.8, 4) is 0 Å². The van der Waals surface area contributed by atoms with Crippen molar-refractivity contribution in [2.45, 2.75) is 24.7 Å². The monoisotopic (exact) mass is 254 g/mol. The zero-order valence-electron chi connectivity index (χ0n) is 9.60. The molecule has 0 spiro atoms. The molecule has 4 heteroatoms. The Morgan fingerprint density at radius 2 is 2.24 bits per heavy atom. The smallest absolute Gasteiger partial charge is 0.155 e.